The van der Waals surface area contributed by atoms with Crippen LogP contribution >= 0.6 is 11.6 Å². The van der Waals surface area contributed by atoms with Crippen molar-refractivity contribution in [2.45, 2.75) is 12.0 Å². The Morgan fingerprint density at radius 3 is 2.14 bits per heavy atom. The van der Waals surface area contributed by atoms with Gasteiger partial charge in [0, 0.05) is 23.3 Å². The van der Waals surface area contributed by atoms with Crippen LogP contribution in [0.2, 0.25) is 5.02 Å². The van der Waals surface area contributed by atoms with Gasteiger partial charge in [-0.05, 0) is 53.6 Å². The maximum atomic E-state index is 13.9. The first-order valence-corrected chi connectivity index (χ1v) is 11.5. The summed E-state index contributed by atoms with van der Waals surface area (Å²) in [6.45, 7) is 0. The topological polar surface area (TPSA) is 86.3 Å². The smallest absolute Gasteiger partial charge is 0.254 e. The summed E-state index contributed by atoms with van der Waals surface area (Å²) in [5.41, 5.74) is 2.13. The van der Waals surface area contributed by atoms with E-state index in [0.29, 0.717) is 50.4 Å². The van der Waals surface area contributed by atoms with Crippen LogP contribution in [0.25, 0.3) is 0 Å². The molecule has 1 heterocycles. The maximum absolute atomic E-state index is 13.9. The third kappa shape index (κ3) is 4.52. The molecule has 0 fully saturated rings. The van der Waals surface area contributed by atoms with Gasteiger partial charge in [-0.3, -0.25) is 9.59 Å². The summed E-state index contributed by atoms with van der Waals surface area (Å²) in [5.74, 6) is 0.486. The summed E-state index contributed by atoms with van der Waals surface area (Å²) in [7, 11) is 7.76. The molecule has 1 aliphatic rings. The Hall–Kier alpha value is -3.91. The molecule has 0 aromatic heterocycles. The van der Waals surface area contributed by atoms with Crippen molar-refractivity contribution >= 4 is 29.1 Å². The van der Waals surface area contributed by atoms with Crippen molar-refractivity contribution in [3.05, 3.63) is 76.3 Å². The molecule has 9 heteroatoms. The molecule has 0 saturated carbocycles. The van der Waals surface area contributed by atoms with E-state index in [1.807, 2.05) is 6.07 Å². The molecule has 2 unspecified atom stereocenters. The Bertz CT molecular complexity index is 1310. The molecule has 8 nitrogen and oxygen atoms in total. The highest BCUT2D eigenvalue weighted by Crippen LogP contribution is 2.47. The number of carbonyl (C=O) groups excluding carboxylic acids is 2. The molecule has 3 aromatic rings. The average Bonchev–Trinajstić information content (AvgIpc) is 2.89. The fourth-order valence-electron chi connectivity index (χ4n) is 4.57. The number of anilines is 1. The van der Waals surface area contributed by atoms with Crippen molar-refractivity contribution in [1.29, 1.82) is 0 Å². The van der Waals surface area contributed by atoms with Crippen LogP contribution in [0.5, 0.6) is 23.0 Å². The lowest BCUT2D eigenvalue weighted by atomic mass is 9.79. The highest BCUT2D eigenvalue weighted by atomic mass is 35.5. The predicted octanol–water partition coefficient (Wildman–Crippen LogP) is 4.92. The van der Waals surface area contributed by atoms with E-state index in [2.05, 4.69) is 5.32 Å². The van der Waals surface area contributed by atoms with E-state index in [0.717, 1.165) is 0 Å². The van der Waals surface area contributed by atoms with Gasteiger partial charge in [0.25, 0.3) is 5.91 Å². The second-order valence-electron chi connectivity index (χ2n) is 8.25. The largest absolute Gasteiger partial charge is 0.493 e. The fourth-order valence-corrected chi connectivity index (χ4v) is 4.76. The van der Waals surface area contributed by atoms with Crippen LogP contribution in [0, 0.1) is 0 Å². The van der Waals surface area contributed by atoms with E-state index in [1.54, 1.807) is 67.6 Å². The highest BCUT2D eigenvalue weighted by molar-refractivity contribution is 6.30. The van der Waals surface area contributed by atoms with Crippen LogP contribution in [0.15, 0.2) is 54.6 Å². The first-order chi connectivity index (χ1) is 17.3. The van der Waals surface area contributed by atoms with Gasteiger partial charge in [0.2, 0.25) is 5.91 Å². The van der Waals surface area contributed by atoms with E-state index < -0.39 is 12.0 Å². The van der Waals surface area contributed by atoms with E-state index >= 15 is 0 Å². The summed E-state index contributed by atoms with van der Waals surface area (Å²) in [4.78, 5) is 29.0. The highest BCUT2D eigenvalue weighted by Gasteiger charge is 2.44. The number of ether oxygens (including phenoxy) is 4. The molecule has 1 N–H and O–H groups in total. The Morgan fingerprint density at radius 1 is 0.861 bits per heavy atom. The Balaban J connectivity index is 1.90. The number of rotatable bonds is 7. The third-order valence-corrected chi connectivity index (χ3v) is 6.53. The minimum Gasteiger partial charge on any atom is -0.493 e. The van der Waals surface area contributed by atoms with E-state index in [-0.39, 0.29) is 11.8 Å². The number of fused-ring (bicyclic) bond motifs is 1. The number of carbonyl (C=O) groups is 2. The van der Waals surface area contributed by atoms with Crippen LogP contribution in [0.3, 0.4) is 0 Å². The zero-order valence-corrected chi connectivity index (χ0v) is 21.4. The van der Waals surface area contributed by atoms with Crippen LogP contribution < -0.4 is 24.3 Å². The van der Waals surface area contributed by atoms with E-state index in [4.69, 9.17) is 30.5 Å². The van der Waals surface area contributed by atoms with E-state index in [1.165, 1.54) is 21.3 Å². The molecule has 2 amide bonds. The Morgan fingerprint density at radius 2 is 1.50 bits per heavy atom. The lowest BCUT2D eigenvalue weighted by Crippen LogP contribution is -2.44. The normalized spacial score (nSPS) is 16.7. The van der Waals surface area contributed by atoms with Gasteiger partial charge < -0.3 is 29.2 Å². The zero-order valence-electron chi connectivity index (χ0n) is 20.6. The quantitative estimate of drug-likeness (QED) is 0.485. The number of nitrogens with one attached hydrogen (secondary N) is 1. The van der Waals surface area contributed by atoms with Gasteiger partial charge in [-0.1, -0.05) is 23.7 Å². The van der Waals surface area contributed by atoms with Crippen molar-refractivity contribution in [3.8, 4) is 23.0 Å². The summed E-state index contributed by atoms with van der Waals surface area (Å²) < 4.78 is 21.8. The summed E-state index contributed by atoms with van der Waals surface area (Å²) >= 11 is 6.14. The van der Waals surface area contributed by atoms with Gasteiger partial charge in [-0.25, -0.2) is 0 Å². The first-order valence-electron chi connectivity index (χ1n) is 11.1. The molecule has 0 aliphatic carbocycles. The second-order valence-corrected chi connectivity index (χ2v) is 8.68. The van der Waals surface area contributed by atoms with Crippen molar-refractivity contribution in [1.82, 2.24) is 4.90 Å². The first kappa shape index (κ1) is 25.2. The molecule has 3 aromatic carbocycles. The minimum atomic E-state index is -0.792. The Kier molecular flexibility index (Phi) is 7.26. The monoisotopic (exact) mass is 510 g/mol. The second kappa shape index (κ2) is 10.4. The number of nitrogens with zero attached hydrogens (tertiary/aromatic N) is 1. The zero-order chi connectivity index (χ0) is 26.0. The molecule has 188 valence electrons. The van der Waals surface area contributed by atoms with Crippen LogP contribution in [0.4, 0.5) is 5.69 Å². The van der Waals surface area contributed by atoms with Crippen LogP contribution in [0.1, 0.15) is 33.4 Å². The molecular formula is C27H27ClN2O6. The minimum absolute atomic E-state index is 0.252. The van der Waals surface area contributed by atoms with Crippen LogP contribution in [-0.2, 0) is 4.79 Å². The Labute approximate surface area is 214 Å². The number of methoxy groups -OCH3 is 4. The average molecular weight is 511 g/mol. The summed E-state index contributed by atoms with van der Waals surface area (Å²) in [6.07, 6.45) is 0. The summed E-state index contributed by atoms with van der Waals surface area (Å²) in [6, 6.07) is 14.9. The van der Waals surface area contributed by atoms with Crippen molar-refractivity contribution < 1.29 is 28.5 Å². The molecule has 4 rings (SSSR count). The van der Waals surface area contributed by atoms with E-state index in [9.17, 15) is 9.59 Å². The van der Waals surface area contributed by atoms with Crippen molar-refractivity contribution in [2.24, 2.45) is 0 Å². The number of hydrogen-bond donors (Lipinski definition) is 1. The predicted molar refractivity (Wildman–Crippen MR) is 137 cm³/mol. The van der Waals surface area contributed by atoms with Gasteiger partial charge in [0.15, 0.2) is 23.0 Å². The molecule has 0 spiro atoms. The summed E-state index contributed by atoms with van der Waals surface area (Å²) in [5, 5.41) is 3.45. The number of hydrogen-bond acceptors (Lipinski definition) is 6. The molecule has 0 bridgehead atoms. The fraction of sp³-hybridized carbons (Fsp3) is 0.259. The lowest BCUT2D eigenvalue weighted by molar-refractivity contribution is -0.119. The van der Waals surface area contributed by atoms with Gasteiger partial charge in [0.05, 0.1) is 40.4 Å². The van der Waals surface area contributed by atoms with Crippen LogP contribution in [-0.4, -0.2) is 52.2 Å². The molecule has 1 aliphatic heterocycles. The maximum Gasteiger partial charge on any atom is 0.254 e. The van der Waals surface area contributed by atoms with Gasteiger partial charge in [0.1, 0.15) is 0 Å². The third-order valence-electron chi connectivity index (χ3n) is 6.30. The molecular weight excluding hydrogens is 484 g/mol. The molecule has 2 atom stereocenters. The van der Waals surface area contributed by atoms with Crippen molar-refractivity contribution in [3.63, 3.8) is 0 Å². The number of benzene rings is 3. The standard InChI is InChI=1S/C27H27ClN2O6/c1-30-25(15-9-10-20(33-2)21(11-15)34-3)24(26(31)29-17-8-6-7-16(28)12-17)18-13-22(35-4)23(36-5)14-19(18)27(30)32/h6-14,24-25H,1-5H3,(H,29,31). The van der Waals surface area contributed by atoms with Gasteiger partial charge >= 0.3 is 0 Å². The number of amides is 2. The van der Waals surface area contributed by atoms with Gasteiger partial charge in [-0.15, -0.1) is 0 Å². The molecule has 36 heavy (non-hydrogen) atoms. The number of likely N-dealkylation sites (N-methyl/N-ethyl adjacent to an activating group) is 1. The molecule has 0 radical (unpaired) electrons. The van der Waals surface area contributed by atoms with Crippen molar-refractivity contribution in [2.75, 3.05) is 40.8 Å². The SMILES string of the molecule is COc1ccc(C2C(C(=O)Nc3cccc(Cl)c3)c3cc(OC)c(OC)cc3C(=O)N2C)cc1OC. The molecule has 0 saturated heterocycles. The lowest BCUT2D eigenvalue weighted by Gasteiger charge is -2.40. The number of halogens is 1. The van der Waals surface area contributed by atoms with Gasteiger partial charge in [-0.2, -0.15) is 0 Å².